The molecular formula is C14H13NOS. The number of carbonyl (C=O) groups is 1. The lowest BCUT2D eigenvalue weighted by Gasteiger charge is -1.95. The van der Waals surface area contributed by atoms with Crippen LogP contribution in [0.5, 0.6) is 0 Å². The van der Waals surface area contributed by atoms with Gasteiger partial charge in [0.05, 0.1) is 0 Å². The highest BCUT2D eigenvalue weighted by atomic mass is 32.1. The third-order valence-corrected chi connectivity index (χ3v) is 3.29. The Hall–Kier alpha value is -1.79. The Bertz CT molecular complexity index is 589. The van der Waals surface area contributed by atoms with Gasteiger partial charge in [-0.3, -0.25) is 4.79 Å². The molecule has 0 aliphatic carbocycles. The summed E-state index contributed by atoms with van der Waals surface area (Å²) < 4.78 is 1.24. The van der Waals surface area contributed by atoms with E-state index in [1.807, 2.05) is 12.1 Å². The van der Waals surface area contributed by atoms with Crippen molar-refractivity contribution in [3.63, 3.8) is 0 Å². The molecule has 1 aromatic carbocycles. The lowest BCUT2D eigenvalue weighted by atomic mass is 10.2. The summed E-state index contributed by atoms with van der Waals surface area (Å²) in [6.45, 7) is 2.13. The first-order valence-electron chi connectivity index (χ1n) is 5.47. The number of hydrogen-bond donors (Lipinski definition) is 1. The largest absolute Gasteiger partial charge is 0.355 e. The van der Waals surface area contributed by atoms with Gasteiger partial charge in [0.1, 0.15) is 0 Å². The van der Waals surface area contributed by atoms with E-state index >= 15 is 0 Å². The predicted octanol–water partition coefficient (Wildman–Crippen LogP) is 2.78. The number of nitrogens with one attached hydrogen (secondary N) is 1. The maximum atomic E-state index is 10.7. The van der Waals surface area contributed by atoms with Crippen molar-refractivity contribution in [3.05, 3.63) is 35.2 Å². The molecule has 1 aromatic heterocycles. The third kappa shape index (κ3) is 3.08. The summed E-state index contributed by atoms with van der Waals surface area (Å²) in [4.78, 5) is 10.7. The standard InChI is InChI=1S/C14H13NOS/c1-11(16)15-9-3-2-5-12-6-4-7-13-8-10-17-14(12)13/h4,6-8,10H,3,9H2,1H3,(H,15,16). The van der Waals surface area contributed by atoms with Crippen molar-refractivity contribution in [2.45, 2.75) is 13.3 Å². The van der Waals surface area contributed by atoms with E-state index in [4.69, 9.17) is 0 Å². The molecule has 86 valence electrons. The van der Waals surface area contributed by atoms with Gasteiger partial charge >= 0.3 is 0 Å². The van der Waals surface area contributed by atoms with Crippen molar-refractivity contribution in [1.82, 2.24) is 5.32 Å². The molecule has 2 nitrogen and oxygen atoms in total. The van der Waals surface area contributed by atoms with Gasteiger partial charge in [-0.05, 0) is 22.9 Å². The van der Waals surface area contributed by atoms with Gasteiger partial charge in [0.25, 0.3) is 0 Å². The van der Waals surface area contributed by atoms with Crippen molar-refractivity contribution < 1.29 is 4.79 Å². The van der Waals surface area contributed by atoms with Crippen LogP contribution in [0.2, 0.25) is 0 Å². The van der Waals surface area contributed by atoms with Crippen molar-refractivity contribution in [2.24, 2.45) is 0 Å². The molecule has 3 heteroatoms. The smallest absolute Gasteiger partial charge is 0.216 e. The first kappa shape index (κ1) is 11.7. The van der Waals surface area contributed by atoms with Crippen molar-refractivity contribution in [1.29, 1.82) is 0 Å². The summed E-state index contributed by atoms with van der Waals surface area (Å²) in [5, 5.41) is 6.04. The quantitative estimate of drug-likeness (QED) is 0.638. The van der Waals surface area contributed by atoms with E-state index in [9.17, 15) is 4.79 Å². The van der Waals surface area contributed by atoms with E-state index in [-0.39, 0.29) is 5.91 Å². The fourth-order valence-corrected chi connectivity index (χ4v) is 2.42. The van der Waals surface area contributed by atoms with Crippen LogP contribution in [0.15, 0.2) is 29.6 Å². The van der Waals surface area contributed by atoms with Crippen LogP contribution in [-0.2, 0) is 4.79 Å². The number of fused-ring (bicyclic) bond motifs is 1. The molecule has 0 fully saturated rings. The van der Waals surface area contributed by atoms with Gasteiger partial charge in [-0.1, -0.05) is 24.0 Å². The van der Waals surface area contributed by atoms with Crippen LogP contribution in [-0.4, -0.2) is 12.5 Å². The molecule has 2 rings (SSSR count). The lowest BCUT2D eigenvalue weighted by Crippen LogP contribution is -2.20. The van der Waals surface area contributed by atoms with Gasteiger partial charge in [0.15, 0.2) is 0 Å². The average Bonchev–Trinajstić information content (AvgIpc) is 2.77. The van der Waals surface area contributed by atoms with Gasteiger partial charge in [-0.25, -0.2) is 0 Å². The second kappa shape index (κ2) is 5.51. The van der Waals surface area contributed by atoms with Crippen molar-refractivity contribution in [3.8, 4) is 11.8 Å². The van der Waals surface area contributed by atoms with Crippen molar-refractivity contribution >= 4 is 27.3 Å². The molecule has 0 saturated carbocycles. The second-order valence-corrected chi connectivity index (χ2v) is 4.60. The zero-order chi connectivity index (χ0) is 12.1. The number of thiophene rings is 1. The van der Waals surface area contributed by atoms with E-state index in [0.29, 0.717) is 13.0 Å². The molecule has 0 aliphatic rings. The SMILES string of the molecule is CC(=O)NCCC#Cc1cccc2ccsc12. The van der Waals surface area contributed by atoms with Crippen LogP contribution in [0.1, 0.15) is 18.9 Å². The number of rotatable bonds is 2. The molecule has 1 N–H and O–H groups in total. The molecule has 0 atom stereocenters. The van der Waals surface area contributed by atoms with E-state index < -0.39 is 0 Å². The Morgan fingerprint density at radius 2 is 2.29 bits per heavy atom. The highest BCUT2D eigenvalue weighted by Gasteiger charge is 1.98. The van der Waals surface area contributed by atoms with E-state index in [2.05, 4.69) is 34.7 Å². The average molecular weight is 243 g/mol. The third-order valence-electron chi connectivity index (χ3n) is 2.33. The summed E-state index contributed by atoms with van der Waals surface area (Å²) in [7, 11) is 0. The van der Waals surface area contributed by atoms with Gasteiger partial charge in [0.2, 0.25) is 5.91 Å². The molecule has 0 spiro atoms. The monoisotopic (exact) mass is 243 g/mol. The van der Waals surface area contributed by atoms with E-state index in [1.165, 1.54) is 17.0 Å². The first-order valence-corrected chi connectivity index (χ1v) is 6.35. The topological polar surface area (TPSA) is 29.1 Å². The molecule has 2 aromatic rings. The van der Waals surface area contributed by atoms with E-state index in [0.717, 1.165) is 5.56 Å². The molecule has 0 saturated heterocycles. The fourth-order valence-electron chi connectivity index (χ4n) is 1.55. The molecule has 1 heterocycles. The maximum Gasteiger partial charge on any atom is 0.216 e. The van der Waals surface area contributed by atoms with Gasteiger partial charge in [-0.2, -0.15) is 0 Å². The van der Waals surface area contributed by atoms with Crippen molar-refractivity contribution in [2.75, 3.05) is 6.54 Å². The summed E-state index contributed by atoms with van der Waals surface area (Å²) in [5.41, 5.74) is 1.07. The molecular weight excluding hydrogens is 230 g/mol. The highest BCUT2D eigenvalue weighted by molar-refractivity contribution is 7.17. The Balaban J connectivity index is 2.05. The summed E-state index contributed by atoms with van der Waals surface area (Å²) in [6, 6.07) is 8.24. The number of hydrogen-bond acceptors (Lipinski definition) is 2. The molecule has 0 unspecified atom stereocenters. The molecule has 0 radical (unpaired) electrons. The zero-order valence-corrected chi connectivity index (χ0v) is 10.4. The molecule has 1 amide bonds. The minimum Gasteiger partial charge on any atom is -0.355 e. The van der Waals surface area contributed by atoms with Gasteiger partial charge < -0.3 is 5.32 Å². The van der Waals surface area contributed by atoms with Gasteiger partial charge in [0, 0.05) is 30.2 Å². The van der Waals surface area contributed by atoms with Crippen LogP contribution in [0.3, 0.4) is 0 Å². The Morgan fingerprint density at radius 3 is 3.12 bits per heavy atom. The number of carbonyl (C=O) groups excluding carboxylic acids is 1. The van der Waals surface area contributed by atoms with E-state index in [1.54, 1.807) is 11.3 Å². The molecule has 0 aliphatic heterocycles. The second-order valence-electron chi connectivity index (χ2n) is 3.68. The number of amides is 1. The predicted molar refractivity (Wildman–Crippen MR) is 72.0 cm³/mol. The summed E-state index contributed by atoms with van der Waals surface area (Å²) >= 11 is 1.71. The highest BCUT2D eigenvalue weighted by Crippen LogP contribution is 2.23. The van der Waals surface area contributed by atoms with Crippen LogP contribution in [0, 0.1) is 11.8 Å². The molecule has 0 bridgehead atoms. The Labute approximate surface area is 105 Å². The normalized spacial score (nSPS) is 9.71. The summed E-state index contributed by atoms with van der Waals surface area (Å²) in [6.07, 6.45) is 0.682. The fraction of sp³-hybridized carbons (Fsp3) is 0.214. The minimum atomic E-state index is -0.00726. The Morgan fingerprint density at radius 1 is 1.41 bits per heavy atom. The number of benzene rings is 1. The Kier molecular flexibility index (Phi) is 3.79. The van der Waals surface area contributed by atoms with Crippen LogP contribution in [0.4, 0.5) is 0 Å². The zero-order valence-electron chi connectivity index (χ0n) is 9.62. The van der Waals surface area contributed by atoms with Gasteiger partial charge in [-0.15, -0.1) is 11.3 Å². The lowest BCUT2D eigenvalue weighted by molar-refractivity contribution is -0.118. The van der Waals surface area contributed by atoms with Crippen LogP contribution < -0.4 is 5.32 Å². The first-order chi connectivity index (χ1) is 8.27. The van der Waals surface area contributed by atoms with Crippen LogP contribution in [0.25, 0.3) is 10.1 Å². The molecule has 17 heavy (non-hydrogen) atoms. The van der Waals surface area contributed by atoms with Crippen LogP contribution >= 0.6 is 11.3 Å². The minimum absolute atomic E-state index is 0.00726. The maximum absolute atomic E-state index is 10.7. The summed E-state index contributed by atoms with van der Waals surface area (Å²) in [5.74, 6) is 6.23.